The van der Waals surface area contributed by atoms with Gasteiger partial charge in [-0.3, -0.25) is 9.88 Å². The Morgan fingerprint density at radius 1 is 1.47 bits per heavy atom. The molecule has 2 heterocycles. The number of nitrogens with zero attached hydrogens (tertiary/aromatic N) is 2. The molecule has 2 aromatic rings. The molecule has 0 spiro atoms. The standard InChI is InChI=1S/C14H16N2O2S/c1-10-12(6-13(19-10)14(17)18)9-16(2)8-11-4-3-5-15-7-11/h3-7H,8-9H2,1-2H3,(H,17,18). The largest absolute Gasteiger partial charge is 0.477 e. The van der Waals surface area contributed by atoms with Gasteiger partial charge in [-0.2, -0.15) is 0 Å². The van der Waals surface area contributed by atoms with E-state index in [0.29, 0.717) is 4.88 Å². The molecule has 1 N–H and O–H groups in total. The average Bonchev–Trinajstić information content (AvgIpc) is 2.72. The first-order chi connectivity index (χ1) is 9.06. The summed E-state index contributed by atoms with van der Waals surface area (Å²) in [6.07, 6.45) is 3.60. The zero-order chi connectivity index (χ0) is 13.8. The van der Waals surface area contributed by atoms with E-state index in [0.717, 1.165) is 29.1 Å². The molecule has 0 aliphatic rings. The molecule has 0 bridgehead atoms. The third kappa shape index (κ3) is 3.62. The van der Waals surface area contributed by atoms with Gasteiger partial charge in [-0.05, 0) is 37.2 Å². The second kappa shape index (κ2) is 5.95. The van der Waals surface area contributed by atoms with E-state index in [1.165, 1.54) is 11.3 Å². The van der Waals surface area contributed by atoms with Crippen molar-refractivity contribution in [3.63, 3.8) is 0 Å². The number of thiophene rings is 1. The van der Waals surface area contributed by atoms with Crippen LogP contribution in [0.3, 0.4) is 0 Å². The molecule has 0 aliphatic heterocycles. The first-order valence-electron chi connectivity index (χ1n) is 5.96. The quantitative estimate of drug-likeness (QED) is 0.912. The highest BCUT2D eigenvalue weighted by molar-refractivity contribution is 7.14. The van der Waals surface area contributed by atoms with Gasteiger partial charge in [-0.1, -0.05) is 6.07 Å². The maximum absolute atomic E-state index is 10.9. The van der Waals surface area contributed by atoms with Crippen LogP contribution in [-0.4, -0.2) is 28.0 Å². The fourth-order valence-electron chi connectivity index (χ4n) is 1.93. The number of rotatable bonds is 5. The lowest BCUT2D eigenvalue weighted by Gasteiger charge is -2.16. The van der Waals surface area contributed by atoms with Gasteiger partial charge < -0.3 is 5.11 Å². The Kier molecular flexibility index (Phi) is 4.29. The smallest absolute Gasteiger partial charge is 0.345 e. The van der Waals surface area contributed by atoms with Gasteiger partial charge in [0.2, 0.25) is 0 Å². The van der Waals surface area contributed by atoms with Crippen LogP contribution < -0.4 is 0 Å². The monoisotopic (exact) mass is 276 g/mol. The van der Waals surface area contributed by atoms with Crippen LogP contribution in [0, 0.1) is 6.92 Å². The lowest BCUT2D eigenvalue weighted by molar-refractivity contribution is 0.0702. The summed E-state index contributed by atoms with van der Waals surface area (Å²) < 4.78 is 0. The maximum atomic E-state index is 10.9. The fourth-order valence-corrected chi connectivity index (χ4v) is 2.81. The topological polar surface area (TPSA) is 53.4 Å². The van der Waals surface area contributed by atoms with Crippen LogP contribution >= 0.6 is 11.3 Å². The zero-order valence-corrected chi connectivity index (χ0v) is 11.8. The van der Waals surface area contributed by atoms with Crippen LogP contribution in [0.2, 0.25) is 0 Å². The van der Waals surface area contributed by atoms with E-state index in [2.05, 4.69) is 9.88 Å². The number of carbonyl (C=O) groups is 1. The van der Waals surface area contributed by atoms with E-state index < -0.39 is 5.97 Å². The molecule has 0 amide bonds. The van der Waals surface area contributed by atoms with Crippen LogP contribution in [-0.2, 0) is 13.1 Å². The van der Waals surface area contributed by atoms with Crippen molar-refractivity contribution in [1.82, 2.24) is 9.88 Å². The van der Waals surface area contributed by atoms with Gasteiger partial charge in [0.15, 0.2) is 0 Å². The summed E-state index contributed by atoms with van der Waals surface area (Å²) in [5.41, 5.74) is 2.23. The summed E-state index contributed by atoms with van der Waals surface area (Å²) in [7, 11) is 2.02. The zero-order valence-electron chi connectivity index (χ0n) is 11.0. The van der Waals surface area contributed by atoms with Gasteiger partial charge >= 0.3 is 5.97 Å². The van der Waals surface area contributed by atoms with Crippen LogP contribution in [0.15, 0.2) is 30.6 Å². The van der Waals surface area contributed by atoms with Gasteiger partial charge in [-0.15, -0.1) is 11.3 Å². The summed E-state index contributed by atoms with van der Waals surface area (Å²) in [5.74, 6) is -0.853. The third-order valence-corrected chi connectivity index (χ3v) is 3.93. The van der Waals surface area contributed by atoms with Gasteiger partial charge in [0.25, 0.3) is 0 Å². The molecule has 0 aromatic carbocycles. The Bertz CT molecular complexity index is 566. The average molecular weight is 276 g/mol. The SMILES string of the molecule is Cc1sc(C(=O)O)cc1CN(C)Cc1cccnc1. The lowest BCUT2D eigenvalue weighted by atomic mass is 10.2. The summed E-state index contributed by atoms with van der Waals surface area (Å²) in [6.45, 7) is 3.50. The van der Waals surface area contributed by atoms with E-state index in [1.54, 1.807) is 12.3 Å². The van der Waals surface area contributed by atoms with Gasteiger partial charge in [-0.25, -0.2) is 4.79 Å². The van der Waals surface area contributed by atoms with E-state index >= 15 is 0 Å². The van der Waals surface area contributed by atoms with Crippen molar-refractivity contribution in [2.24, 2.45) is 0 Å². The molecule has 5 heteroatoms. The molecule has 2 rings (SSSR count). The molecule has 19 heavy (non-hydrogen) atoms. The highest BCUT2D eigenvalue weighted by Gasteiger charge is 2.12. The minimum Gasteiger partial charge on any atom is -0.477 e. The minimum atomic E-state index is -0.853. The Balaban J connectivity index is 2.03. The Morgan fingerprint density at radius 3 is 2.84 bits per heavy atom. The van der Waals surface area contributed by atoms with Crippen LogP contribution in [0.25, 0.3) is 0 Å². The Morgan fingerprint density at radius 2 is 2.26 bits per heavy atom. The number of hydrogen-bond acceptors (Lipinski definition) is 4. The number of aryl methyl sites for hydroxylation is 1. The molecule has 0 fully saturated rings. The summed E-state index contributed by atoms with van der Waals surface area (Å²) in [4.78, 5) is 18.6. The van der Waals surface area contributed by atoms with E-state index in [4.69, 9.17) is 5.11 Å². The van der Waals surface area contributed by atoms with Gasteiger partial charge in [0.1, 0.15) is 4.88 Å². The molecular weight excluding hydrogens is 260 g/mol. The normalized spacial score (nSPS) is 10.9. The Hall–Kier alpha value is -1.72. The van der Waals surface area contributed by atoms with Crippen molar-refractivity contribution in [2.75, 3.05) is 7.05 Å². The molecule has 0 aliphatic carbocycles. The number of hydrogen-bond donors (Lipinski definition) is 1. The van der Waals surface area contributed by atoms with E-state index in [-0.39, 0.29) is 0 Å². The predicted molar refractivity (Wildman–Crippen MR) is 75.4 cm³/mol. The van der Waals surface area contributed by atoms with Crippen molar-refractivity contribution < 1.29 is 9.90 Å². The molecule has 0 atom stereocenters. The van der Waals surface area contributed by atoms with Crippen LogP contribution in [0.5, 0.6) is 0 Å². The number of aromatic nitrogens is 1. The van der Waals surface area contributed by atoms with E-state index in [9.17, 15) is 4.79 Å². The molecule has 0 saturated heterocycles. The van der Waals surface area contributed by atoms with Crippen molar-refractivity contribution >= 4 is 17.3 Å². The Labute approximate surface area is 116 Å². The molecule has 0 saturated carbocycles. The molecular formula is C14H16N2O2S. The maximum Gasteiger partial charge on any atom is 0.345 e. The van der Waals surface area contributed by atoms with Crippen molar-refractivity contribution in [2.45, 2.75) is 20.0 Å². The number of aromatic carboxylic acids is 1. The van der Waals surface area contributed by atoms with E-state index in [1.807, 2.05) is 32.3 Å². The summed E-state index contributed by atoms with van der Waals surface area (Å²) in [5, 5.41) is 8.98. The van der Waals surface area contributed by atoms with Crippen LogP contribution in [0.1, 0.15) is 25.7 Å². The summed E-state index contributed by atoms with van der Waals surface area (Å²) in [6, 6.07) is 5.72. The first kappa shape index (κ1) is 13.7. The molecule has 4 nitrogen and oxygen atoms in total. The van der Waals surface area contributed by atoms with Crippen molar-refractivity contribution in [1.29, 1.82) is 0 Å². The molecule has 100 valence electrons. The second-order valence-corrected chi connectivity index (χ2v) is 5.79. The minimum absolute atomic E-state index is 0.405. The second-order valence-electron chi connectivity index (χ2n) is 4.53. The number of pyridine rings is 1. The third-order valence-electron chi connectivity index (χ3n) is 2.85. The fraction of sp³-hybridized carbons (Fsp3) is 0.286. The summed E-state index contributed by atoms with van der Waals surface area (Å²) >= 11 is 1.33. The molecule has 0 unspecified atom stereocenters. The highest BCUT2D eigenvalue weighted by atomic mass is 32.1. The molecule has 0 radical (unpaired) electrons. The van der Waals surface area contributed by atoms with Crippen molar-refractivity contribution in [3.8, 4) is 0 Å². The predicted octanol–water partition coefficient (Wildman–Crippen LogP) is 2.78. The first-order valence-corrected chi connectivity index (χ1v) is 6.78. The number of carboxylic acid groups (broad SMARTS) is 1. The van der Waals surface area contributed by atoms with Crippen LogP contribution in [0.4, 0.5) is 0 Å². The van der Waals surface area contributed by atoms with Gasteiger partial charge in [0.05, 0.1) is 0 Å². The molecule has 2 aromatic heterocycles. The highest BCUT2D eigenvalue weighted by Crippen LogP contribution is 2.23. The van der Waals surface area contributed by atoms with Gasteiger partial charge in [0, 0.05) is 30.4 Å². The van der Waals surface area contributed by atoms with Crippen molar-refractivity contribution in [3.05, 3.63) is 51.5 Å². The lowest BCUT2D eigenvalue weighted by Crippen LogP contribution is -2.17. The number of carboxylic acids is 1.